The van der Waals surface area contributed by atoms with Gasteiger partial charge < -0.3 is 5.11 Å². The highest BCUT2D eigenvalue weighted by molar-refractivity contribution is 6.21. The minimum absolute atomic E-state index is 0.0131. The minimum Gasteiger partial charge on any atom is -0.393 e. The molecule has 0 radical (unpaired) electrons. The molecule has 2 fully saturated rings. The molecule has 19 heavy (non-hydrogen) atoms. The molecule has 3 aliphatic rings. The Labute approximate surface area is 111 Å². The number of amides is 2. The van der Waals surface area contributed by atoms with E-state index in [1.807, 2.05) is 0 Å². The Bertz CT molecular complexity index is 546. The van der Waals surface area contributed by atoms with Crippen LogP contribution in [0, 0.1) is 11.8 Å². The Hall–Kier alpha value is -1.68. The SMILES string of the molecule is O=C1c2ccccc2C(=O)N1[C@@H]1C[C@@H]2C[C@H]1C[C@@H]2O. The molecule has 4 atom stereocenters. The first-order valence-corrected chi connectivity index (χ1v) is 6.82. The van der Waals surface area contributed by atoms with E-state index in [9.17, 15) is 14.7 Å². The number of carbonyl (C=O) groups is 2. The monoisotopic (exact) mass is 257 g/mol. The molecule has 4 nitrogen and oxygen atoms in total. The van der Waals surface area contributed by atoms with E-state index in [0.717, 1.165) is 19.3 Å². The van der Waals surface area contributed by atoms with E-state index in [2.05, 4.69) is 0 Å². The number of hydrogen-bond acceptors (Lipinski definition) is 3. The average Bonchev–Trinajstić information content (AvgIpc) is 3.03. The zero-order valence-corrected chi connectivity index (χ0v) is 10.5. The largest absolute Gasteiger partial charge is 0.393 e. The van der Waals surface area contributed by atoms with E-state index in [1.54, 1.807) is 24.3 Å². The first kappa shape index (κ1) is 11.2. The van der Waals surface area contributed by atoms with Crippen molar-refractivity contribution in [2.75, 3.05) is 0 Å². The number of aliphatic hydroxyl groups is 1. The fourth-order valence-electron chi connectivity index (χ4n) is 4.04. The van der Waals surface area contributed by atoms with E-state index >= 15 is 0 Å². The topological polar surface area (TPSA) is 57.6 Å². The molecule has 0 unspecified atom stereocenters. The van der Waals surface area contributed by atoms with Crippen molar-refractivity contribution < 1.29 is 14.7 Å². The Morgan fingerprint density at radius 3 is 2.05 bits per heavy atom. The molecule has 1 heterocycles. The van der Waals surface area contributed by atoms with Gasteiger partial charge in [-0.2, -0.15) is 0 Å². The van der Waals surface area contributed by atoms with Gasteiger partial charge in [0.15, 0.2) is 0 Å². The normalized spacial score (nSPS) is 36.2. The van der Waals surface area contributed by atoms with Crippen LogP contribution in [0.4, 0.5) is 0 Å². The Morgan fingerprint density at radius 1 is 0.947 bits per heavy atom. The highest BCUT2D eigenvalue weighted by Crippen LogP contribution is 2.48. The smallest absolute Gasteiger partial charge is 0.261 e. The second-order valence-electron chi connectivity index (χ2n) is 5.89. The maximum Gasteiger partial charge on any atom is 0.261 e. The quantitative estimate of drug-likeness (QED) is 0.774. The summed E-state index contributed by atoms with van der Waals surface area (Å²) >= 11 is 0. The first-order chi connectivity index (χ1) is 9.16. The molecule has 2 saturated carbocycles. The van der Waals surface area contributed by atoms with E-state index in [-0.39, 0.29) is 35.8 Å². The molecule has 2 aliphatic carbocycles. The molecule has 2 amide bonds. The predicted molar refractivity (Wildman–Crippen MR) is 67.6 cm³/mol. The van der Waals surface area contributed by atoms with Crippen molar-refractivity contribution in [3.8, 4) is 0 Å². The van der Waals surface area contributed by atoms with Crippen molar-refractivity contribution in [1.82, 2.24) is 4.90 Å². The van der Waals surface area contributed by atoms with Gasteiger partial charge in [-0.1, -0.05) is 12.1 Å². The third-order valence-corrected chi connectivity index (χ3v) is 4.94. The summed E-state index contributed by atoms with van der Waals surface area (Å²) in [5, 5.41) is 9.80. The molecule has 4 heteroatoms. The van der Waals surface area contributed by atoms with E-state index in [4.69, 9.17) is 0 Å². The van der Waals surface area contributed by atoms with Crippen LogP contribution in [0.2, 0.25) is 0 Å². The lowest BCUT2D eigenvalue weighted by Crippen LogP contribution is -2.44. The number of hydrogen-bond donors (Lipinski definition) is 1. The zero-order valence-electron chi connectivity index (χ0n) is 10.5. The molecular weight excluding hydrogens is 242 g/mol. The summed E-state index contributed by atoms with van der Waals surface area (Å²) in [5.41, 5.74) is 1.05. The average molecular weight is 257 g/mol. The summed E-state index contributed by atoms with van der Waals surface area (Å²) in [5.74, 6) is 0.224. The molecule has 1 aromatic rings. The van der Waals surface area contributed by atoms with Crippen LogP contribution in [0.1, 0.15) is 40.0 Å². The number of fused-ring (bicyclic) bond motifs is 3. The first-order valence-electron chi connectivity index (χ1n) is 6.82. The maximum absolute atomic E-state index is 12.4. The summed E-state index contributed by atoms with van der Waals surface area (Å²) in [6, 6.07) is 7.01. The Morgan fingerprint density at radius 2 is 1.58 bits per heavy atom. The lowest BCUT2D eigenvalue weighted by molar-refractivity contribution is 0.0421. The summed E-state index contributed by atoms with van der Waals surface area (Å²) in [6.45, 7) is 0. The zero-order chi connectivity index (χ0) is 13.1. The molecule has 98 valence electrons. The van der Waals surface area contributed by atoms with Gasteiger partial charge >= 0.3 is 0 Å². The molecule has 4 rings (SSSR count). The van der Waals surface area contributed by atoms with Crippen LogP contribution in [0.3, 0.4) is 0 Å². The molecular formula is C15H15NO3. The van der Waals surface area contributed by atoms with Crippen molar-refractivity contribution in [2.24, 2.45) is 11.8 Å². The number of benzene rings is 1. The lowest BCUT2D eigenvalue weighted by Gasteiger charge is -2.31. The van der Waals surface area contributed by atoms with Gasteiger partial charge in [-0.05, 0) is 43.2 Å². The molecule has 1 aromatic carbocycles. The van der Waals surface area contributed by atoms with Crippen LogP contribution in [-0.4, -0.2) is 34.0 Å². The van der Waals surface area contributed by atoms with Crippen LogP contribution in [0.25, 0.3) is 0 Å². The van der Waals surface area contributed by atoms with Crippen LogP contribution in [0.5, 0.6) is 0 Å². The molecule has 0 spiro atoms. The van der Waals surface area contributed by atoms with Crippen molar-refractivity contribution in [2.45, 2.75) is 31.4 Å². The highest BCUT2D eigenvalue weighted by atomic mass is 16.3. The highest BCUT2D eigenvalue weighted by Gasteiger charge is 2.52. The third kappa shape index (κ3) is 1.38. The van der Waals surface area contributed by atoms with Crippen molar-refractivity contribution in [1.29, 1.82) is 0 Å². The van der Waals surface area contributed by atoms with E-state index < -0.39 is 0 Å². The van der Waals surface area contributed by atoms with Crippen LogP contribution in [0.15, 0.2) is 24.3 Å². The van der Waals surface area contributed by atoms with Gasteiger partial charge in [0.25, 0.3) is 11.8 Å². The molecule has 1 aliphatic heterocycles. The van der Waals surface area contributed by atoms with Gasteiger partial charge in [0.2, 0.25) is 0 Å². The summed E-state index contributed by atoms with van der Waals surface area (Å²) in [4.78, 5) is 26.2. The number of nitrogens with zero attached hydrogens (tertiary/aromatic N) is 1. The van der Waals surface area contributed by atoms with E-state index in [1.165, 1.54) is 4.90 Å². The molecule has 2 bridgehead atoms. The third-order valence-electron chi connectivity index (χ3n) is 4.94. The van der Waals surface area contributed by atoms with Gasteiger partial charge in [-0.15, -0.1) is 0 Å². The summed E-state index contributed by atoms with van der Waals surface area (Å²) < 4.78 is 0. The standard InChI is InChI=1S/C15H15NO3/c17-13-7-8-5-9(13)6-12(8)16-14(18)10-3-1-2-4-11(10)15(16)19/h1-4,8-9,12-13,17H,5-7H2/t8-,9-,12+,13-/m0/s1. The van der Waals surface area contributed by atoms with Gasteiger partial charge in [0.1, 0.15) is 0 Å². The molecule has 0 saturated heterocycles. The fraction of sp³-hybridized carbons (Fsp3) is 0.467. The van der Waals surface area contributed by atoms with Crippen LogP contribution >= 0.6 is 0 Å². The minimum atomic E-state index is -0.239. The van der Waals surface area contributed by atoms with Crippen molar-refractivity contribution in [3.63, 3.8) is 0 Å². The Kier molecular flexibility index (Phi) is 2.16. The summed E-state index contributed by atoms with van der Waals surface area (Å²) in [7, 11) is 0. The second kappa shape index (κ2) is 3.67. The second-order valence-corrected chi connectivity index (χ2v) is 5.89. The number of imide groups is 1. The van der Waals surface area contributed by atoms with Crippen LogP contribution in [-0.2, 0) is 0 Å². The Balaban J connectivity index is 1.69. The van der Waals surface area contributed by atoms with Gasteiger partial charge in [0.05, 0.1) is 17.2 Å². The van der Waals surface area contributed by atoms with E-state index in [0.29, 0.717) is 11.1 Å². The molecule has 1 N–H and O–H groups in total. The predicted octanol–water partition coefficient (Wildman–Crippen LogP) is 1.44. The lowest BCUT2D eigenvalue weighted by atomic mass is 9.92. The molecule has 0 aromatic heterocycles. The number of carbonyl (C=O) groups excluding carboxylic acids is 2. The number of rotatable bonds is 1. The van der Waals surface area contributed by atoms with Crippen molar-refractivity contribution in [3.05, 3.63) is 35.4 Å². The summed E-state index contributed by atoms with van der Waals surface area (Å²) in [6.07, 6.45) is 2.19. The van der Waals surface area contributed by atoms with Crippen LogP contribution < -0.4 is 0 Å². The van der Waals surface area contributed by atoms with Gasteiger partial charge in [0, 0.05) is 6.04 Å². The maximum atomic E-state index is 12.4. The van der Waals surface area contributed by atoms with Gasteiger partial charge in [-0.3, -0.25) is 14.5 Å². The van der Waals surface area contributed by atoms with Crippen molar-refractivity contribution >= 4 is 11.8 Å². The number of aliphatic hydroxyl groups excluding tert-OH is 1. The fourth-order valence-corrected chi connectivity index (χ4v) is 4.04. The van der Waals surface area contributed by atoms with Gasteiger partial charge in [-0.25, -0.2) is 0 Å².